The number of nitrogens with zero attached hydrogens (tertiary/aromatic N) is 4. The van der Waals surface area contributed by atoms with Crippen LogP contribution < -0.4 is 60.2 Å². The summed E-state index contributed by atoms with van der Waals surface area (Å²) in [6.45, 7) is 6.98. The lowest BCUT2D eigenvalue weighted by molar-refractivity contribution is -0.147. The summed E-state index contributed by atoms with van der Waals surface area (Å²) in [6.07, 6.45) is 0.478. The standard InChI is InChI=1S/C49H80N16O13/c1-7-18-65(25-38(70)71)48(78)39(27(3)8-2)61-36(68)24-64(19-16-50)37(69)23-56-46(76)40(29(5)66)63-47(77)41(30(6)67)62-45(75)35(21-32-22-54-26-57-32)60-44(74)34(20-31-13-10-9-11-14-31)59-42(72)28(4)58-43(73)33(51)15-12-17-55-49(52)53/h9-11,13-14,22,26-30,33-35,39-41,66-67H,7-8,12,15-21,23-25,50-51H2,1-6H3,(H,54,57)(H,56,76)(H,58,73)(H,59,72)(H,60,74)(H,61,68)(H,62,75)(H,63,77)(H,70,71)(H4,52,53,55)/t27?,28-,29+,30+,33-,34+,35-,39-,40-,41-/m0/s1. The minimum absolute atomic E-state index is 0.0913. The van der Waals surface area contributed by atoms with Gasteiger partial charge in [-0.15, -0.1) is 0 Å². The first-order valence-corrected chi connectivity index (χ1v) is 25.6. The molecule has 1 heterocycles. The maximum Gasteiger partial charge on any atom is 0.323 e. The molecule has 0 aliphatic rings. The number of rotatable bonds is 35. The van der Waals surface area contributed by atoms with E-state index in [1.165, 1.54) is 19.4 Å². The Morgan fingerprint density at radius 3 is 1.88 bits per heavy atom. The maximum absolute atomic E-state index is 14.2. The predicted molar refractivity (Wildman–Crippen MR) is 284 cm³/mol. The van der Waals surface area contributed by atoms with Gasteiger partial charge >= 0.3 is 5.97 Å². The van der Waals surface area contributed by atoms with Gasteiger partial charge in [0.1, 0.15) is 42.8 Å². The number of aliphatic imine (C=N–C) groups is 1. The fraction of sp³-hybridized carbons (Fsp3) is 0.592. The lowest BCUT2D eigenvalue weighted by Crippen LogP contribution is -2.62. The first-order valence-electron chi connectivity index (χ1n) is 25.6. The van der Waals surface area contributed by atoms with Crippen LogP contribution in [0.15, 0.2) is 47.8 Å². The van der Waals surface area contributed by atoms with Crippen LogP contribution in [0, 0.1) is 5.92 Å². The Hall–Kier alpha value is -7.76. The van der Waals surface area contributed by atoms with E-state index in [4.69, 9.17) is 22.9 Å². The maximum atomic E-state index is 14.2. The van der Waals surface area contributed by atoms with Crippen LogP contribution in [-0.2, 0) is 60.8 Å². The van der Waals surface area contributed by atoms with Crippen LogP contribution in [0.4, 0.5) is 0 Å². The number of nitrogens with one attached hydrogen (secondary N) is 8. The monoisotopic (exact) mass is 1100 g/mol. The van der Waals surface area contributed by atoms with Crippen molar-refractivity contribution >= 4 is 65.1 Å². The SMILES string of the molecule is CCCN(CC(=O)O)C(=O)[C@@H](NC(=O)CN(CCN)C(=O)CNC(=O)[C@@H](NC(=O)[C@@H](NC(=O)[C@H](Cc1cnc[nH]1)NC(=O)[C@@H](Cc1ccccc1)NC(=O)[C@H](C)NC(=O)[C@@H](N)CCCN=C(N)N)[C@@H](C)O)[C@@H](C)O)C(C)CC. The van der Waals surface area contributed by atoms with Crippen LogP contribution >= 0.6 is 0 Å². The zero-order chi connectivity index (χ0) is 58.6. The number of carboxylic acids is 1. The summed E-state index contributed by atoms with van der Waals surface area (Å²) < 4.78 is 0. The smallest absolute Gasteiger partial charge is 0.323 e. The number of guanidine groups is 1. The van der Waals surface area contributed by atoms with E-state index in [0.717, 1.165) is 23.6 Å². The van der Waals surface area contributed by atoms with Crippen molar-refractivity contribution in [2.45, 2.75) is 135 Å². The number of carboxylic acid groups (broad SMARTS) is 1. The molecule has 10 atom stereocenters. The zero-order valence-electron chi connectivity index (χ0n) is 45.0. The highest BCUT2D eigenvalue weighted by Crippen LogP contribution is 2.13. The van der Waals surface area contributed by atoms with E-state index in [9.17, 15) is 63.3 Å². The second kappa shape index (κ2) is 34.1. The van der Waals surface area contributed by atoms with Gasteiger partial charge in [0.2, 0.25) is 53.2 Å². The van der Waals surface area contributed by atoms with Crippen molar-refractivity contribution in [3.63, 3.8) is 0 Å². The van der Waals surface area contributed by atoms with Crippen LogP contribution in [0.1, 0.15) is 78.5 Å². The van der Waals surface area contributed by atoms with Crippen molar-refractivity contribution in [3.8, 4) is 0 Å². The molecule has 0 aliphatic carbocycles. The summed E-state index contributed by atoms with van der Waals surface area (Å²) in [7, 11) is 0. The largest absolute Gasteiger partial charge is 0.480 e. The normalized spacial score (nSPS) is 14.8. The molecule has 0 radical (unpaired) electrons. The quantitative estimate of drug-likeness (QED) is 0.0174. The highest BCUT2D eigenvalue weighted by Gasteiger charge is 2.37. The van der Waals surface area contributed by atoms with Gasteiger partial charge in [-0.2, -0.15) is 0 Å². The summed E-state index contributed by atoms with van der Waals surface area (Å²) in [4.78, 5) is 146. The van der Waals surface area contributed by atoms with Crippen molar-refractivity contribution in [1.29, 1.82) is 0 Å². The molecule has 434 valence electrons. The highest BCUT2D eigenvalue weighted by atomic mass is 16.4. The Kier molecular flexibility index (Phi) is 29.0. The van der Waals surface area contributed by atoms with Crippen molar-refractivity contribution in [2.24, 2.45) is 33.8 Å². The summed E-state index contributed by atoms with van der Waals surface area (Å²) in [5.41, 5.74) is 23.4. The minimum atomic E-state index is -1.83. The second-order valence-corrected chi connectivity index (χ2v) is 18.7. The Morgan fingerprint density at radius 2 is 1.32 bits per heavy atom. The molecule has 78 heavy (non-hydrogen) atoms. The number of aliphatic hydroxyl groups is 2. The second-order valence-electron chi connectivity index (χ2n) is 18.7. The van der Waals surface area contributed by atoms with Crippen LogP contribution in [0.2, 0.25) is 0 Å². The Bertz CT molecular complexity index is 2320. The van der Waals surface area contributed by atoms with E-state index in [-0.39, 0.29) is 51.4 Å². The van der Waals surface area contributed by atoms with E-state index >= 15 is 0 Å². The lowest BCUT2D eigenvalue weighted by Gasteiger charge is -2.30. The van der Waals surface area contributed by atoms with Crippen molar-refractivity contribution in [1.82, 2.24) is 57.0 Å². The lowest BCUT2D eigenvalue weighted by atomic mass is 9.97. The molecule has 19 N–H and O–H groups in total. The molecular weight excluding hydrogens is 1020 g/mol. The fourth-order valence-corrected chi connectivity index (χ4v) is 7.60. The third kappa shape index (κ3) is 23.2. The molecule has 1 unspecified atom stereocenters. The third-order valence-corrected chi connectivity index (χ3v) is 12.1. The topological polar surface area (TPSA) is 467 Å². The summed E-state index contributed by atoms with van der Waals surface area (Å²) >= 11 is 0. The molecule has 29 heteroatoms. The molecule has 2 rings (SSSR count). The van der Waals surface area contributed by atoms with E-state index in [1.54, 1.807) is 51.1 Å². The summed E-state index contributed by atoms with van der Waals surface area (Å²) in [6, 6.07) is -1.30. The summed E-state index contributed by atoms with van der Waals surface area (Å²) in [5, 5.41) is 48.1. The average molecular weight is 1100 g/mol. The van der Waals surface area contributed by atoms with E-state index < -0.39 is 139 Å². The van der Waals surface area contributed by atoms with Crippen molar-refractivity contribution < 1.29 is 63.3 Å². The van der Waals surface area contributed by atoms with Crippen LogP contribution in [0.5, 0.6) is 0 Å². The van der Waals surface area contributed by atoms with E-state index in [1.807, 2.05) is 0 Å². The number of hydrogen-bond donors (Lipinski definition) is 15. The molecule has 0 fully saturated rings. The fourth-order valence-electron chi connectivity index (χ4n) is 7.60. The van der Waals surface area contributed by atoms with Crippen LogP contribution in [-0.4, -0.2) is 200 Å². The van der Waals surface area contributed by atoms with Crippen LogP contribution in [0.3, 0.4) is 0 Å². The minimum Gasteiger partial charge on any atom is -0.480 e. The van der Waals surface area contributed by atoms with E-state index in [0.29, 0.717) is 30.5 Å². The number of H-pyrrole nitrogens is 1. The molecule has 0 bridgehead atoms. The van der Waals surface area contributed by atoms with E-state index in [2.05, 4.69) is 52.2 Å². The van der Waals surface area contributed by atoms with Gasteiger partial charge in [0.05, 0.1) is 37.7 Å². The molecule has 1 aromatic carbocycles. The Balaban J connectivity index is 2.27. The van der Waals surface area contributed by atoms with Gasteiger partial charge < -0.3 is 90.3 Å². The van der Waals surface area contributed by atoms with Crippen molar-refractivity contribution in [3.05, 3.63) is 54.1 Å². The number of amides is 9. The molecule has 2 aromatic rings. The molecule has 0 aliphatic heterocycles. The van der Waals surface area contributed by atoms with Gasteiger partial charge in [0, 0.05) is 50.9 Å². The van der Waals surface area contributed by atoms with Gasteiger partial charge in [-0.3, -0.25) is 52.9 Å². The predicted octanol–water partition coefficient (Wildman–Crippen LogP) is -5.46. The zero-order valence-corrected chi connectivity index (χ0v) is 45.0. The molecule has 9 amide bonds. The Labute approximate surface area is 452 Å². The van der Waals surface area contributed by atoms with Gasteiger partial charge in [0.15, 0.2) is 5.96 Å². The molecule has 29 nitrogen and oxygen atoms in total. The number of benzene rings is 1. The number of aromatic amines is 1. The van der Waals surface area contributed by atoms with Gasteiger partial charge in [-0.05, 0) is 51.5 Å². The Morgan fingerprint density at radius 1 is 0.718 bits per heavy atom. The summed E-state index contributed by atoms with van der Waals surface area (Å²) in [5.74, 6) is -9.61. The van der Waals surface area contributed by atoms with Crippen LogP contribution in [0.25, 0.3) is 0 Å². The third-order valence-electron chi connectivity index (χ3n) is 12.1. The first kappa shape index (κ1) is 66.4. The molecule has 0 saturated carbocycles. The number of carbonyl (C=O) groups excluding carboxylic acids is 9. The van der Waals surface area contributed by atoms with Gasteiger partial charge in [-0.1, -0.05) is 57.5 Å². The number of carbonyl (C=O) groups is 10. The average Bonchev–Trinajstić information content (AvgIpc) is 3.91. The number of aliphatic carboxylic acids is 1. The molecule has 0 saturated heterocycles. The highest BCUT2D eigenvalue weighted by molar-refractivity contribution is 5.98. The number of aliphatic hydroxyl groups excluding tert-OH is 2. The molecular formula is C49H80N16O13. The van der Waals surface area contributed by atoms with Gasteiger partial charge in [-0.25, -0.2) is 4.98 Å². The molecule has 0 spiro atoms. The number of nitrogens with two attached hydrogens (primary N) is 4. The van der Waals surface area contributed by atoms with Crippen molar-refractivity contribution in [2.75, 3.05) is 45.8 Å². The first-order chi connectivity index (χ1) is 36.8. The van der Waals surface area contributed by atoms with Gasteiger partial charge in [0.25, 0.3) is 0 Å². The number of hydrogen-bond acceptors (Lipinski definition) is 16. The number of imidazole rings is 1. The number of aromatic nitrogens is 2. The molecule has 1 aromatic heterocycles.